The Morgan fingerprint density at radius 2 is 1.48 bits per heavy atom. The molecule has 2 aromatic rings. The third-order valence-electron chi connectivity index (χ3n) is 5.73. The van der Waals surface area contributed by atoms with Crippen LogP contribution < -0.4 is 8.61 Å². The Balaban J connectivity index is 1.36. The normalized spacial score (nSPS) is 18.3. The first-order chi connectivity index (χ1) is 15.7. The lowest BCUT2D eigenvalue weighted by molar-refractivity contribution is 0.0145. The van der Waals surface area contributed by atoms with Crippen molar-refractivity contribution in [2.75, 3.05) is 47.9 Å². The van der Waals surface area contributed by atoms with E-state index in [4.69, 9.17) is 4.74 Å². The Labute approximate surface area is 196 Å². The molecule has 1 fully saturated rings. The van der Waals surface area contributed by atoms with E-state index in [2.05, 4.69) is 4.90 Å². The molecule has 0 N–H and O–H groups in total. The number of benzene rings is 2. The summed E-state index contributed by atoms with van der Waals surface area (Å²) in [5.41, 5.74) is 1.51. The van der Waals surface area contributed by atoms with Gasteiger partial charge in [-0.15, -0.1) is 0 Å². The van der Waals surface area contributed by atoms with E-state index in [-0.39, 0.29) is 6.09 Å². The third kappa shape index (κ3) is 5.09. The minimum Gasteiger partial charge on any atom is -0.444 e. The van der Waals surface area contributed by atoms with Gasteiger partial charge in [0, 0.05) is 39.3 Å². The fraction of sp³-hybridized carbons (Fsp3) is 0.458. The second-order valence-corrected chi connectivity index (χ2v) is 11.0. The van der Waals surface area contributed by atoms with Crippen molar-refractivity contribution >= 4 is 33.4 Å². The molecular formula is C24H32N4O4S. The maximum atomic E-state index is 13.4. The van der Waals surface area contributed by atoms with Gasteiger partial charge in [0.15, 0.2) is 0 Å². The average molecular weight is 473 g/mol. The second kappa shape index (κ2) is 9.23. The summed E-state index contributed by atoms with van der Waals surface area (Å²) in [6.45, 7) is 9.48. The highest BCUT2D eigenvalue weighted by Gasteiger charge is 2.40. The van der Waals surface area contributed by atoms with E-state index in [1.165, 1.54) is 8.61 Å². The van der Waals surface area contributed by atoms with Crippen molar-refractivity contribution in [3.63, 3.8) is 0 Å². The number of hydrogen-bond acceptors (Lipinski definition) is 5. The van der Waals surface area contributed by atoms with Crippen LogP contribution in [-0.2, 0) is 14.9 Å². The van der Waals surface area contributed by atoms with Crippen LogP contribution in [0.2, 0.25) is 0 Å². The number of fused-ring (bicyclic) bond motifs is 1. The van der Waals surface area contributed by atoms with Crippen molar-refractivity contribution < 1.29 is 17.9 Å². The molecule has 2 aliphatic rings. The topological polar surface area (TPSA) is 73.4 Å². The summed E-state index contributed by atoms with van der Waals surface area (Å²) in [5.74, 6) is 0. The van der Waals surface area contributed by atoms with Crippen molar-refractivity contribution in [2.24, 2.45) is 0 Å². The second-order valence-electron chi connectivity index (χ2n) is 9.33. The molecule has 2 aromatic carbocycles. The summed E-state index contributed by atoms with van der Waals surface area (Å²) in [5, 5.41) is 0. The Kier molecular flexibility index (Phi) is 6.54. The zero-order valence-corrected chi connectivity index (χ0v) is 20.3. The molecular weight excluding hydrogens is 440 g/mol. The van der Waals surface area contributed by atoms with Crippen LogP contribution >= 0.6 is 0 Å². The highest BCUT2D eigenvalue weighted by molar-refractivity contribution is 7.95. The fourth-order valence-electron chi connectivity index (χ4n) is 4.18. The summed E-state index contributed by atoms with van der Waals surface area (Å²) in [6, 6.07) is 16.6. The van der Waals surface area contributed by atoms with Gasteiger partial charge in [-0.3, -0.25) is 9.21 Å². The lowest BCUT2D eigenvalue weighted by Crippen LogP contribution is -2.50. The molecule has 0 spiro atoms. The smallest absolute Gasteiger partial charge is 0.410 e. The van der Waals surface area contributed by atoms with Crippen molar-refractivity contribution in [1.82, 2.24) is 9.80 Å². The van der Waals surface area contributed by atoms with Crippen LogP contribution in [0.4, 0.5) is 21.9 Å². The van der Waals surface area contributed by atoms with Crippen molar-refractivity contribution in [3.05, 3.63) is 54.6 Å². The average Bonchev–Trinajstić information content (AvgIpc) is 3.00. The van der Waals surface area contributed by atoms with E-state index in [1.54, 1.807) is 4.90 Å². The molecule has 2 aliphatic heterocycles. The van der Waals surface area contributed by atoms with Gasteiger partial charge < -0.3 is 9.64 Å². The molecule has 1 amide bonds. The minimum atomic E-state index is -3.70. The first-order valence-corrected chi connectivity index (χ1v) is 12.7. The molecule has 2 heterocycles. The summed E-state index contributed by atoms with van der Waals surface area (Å²) in [4.78, 5) is 16.3. The lowest BCUT2D eigenvalue weighted by Gasteiger charge is -2.35. The minimum absolute atomic E-state index is 0.275. The molecule has 0 atom stereocenters. The van der Waals surface area contributed by atoms with E-state index in [0.29, 0.717) is 43.1 Å². The van der Waals surface area contributed by atoms with Crippen molar-refractivity contribution in [3.8, 4) is 0 Å². The molecule has 0 aromatic heterocycles. The number of anilines is 3. The Morgan fingerprint density at radius 3 is 2.12 bits per heavy atom. The number of nitrogens with zero attached hydrogens (tertiary/aromatic N) is 4. The first-order valence-electron chi connectivity index (χ1n) is 11.3. The number of amides is 1. The van der Waals surface area contributed by atoms with Gasteiger partial charge in [-0.1, -0.05) is 30.3 Å². The molecule has 178 valence electrons. The number of carbonyl (C=O) groups is 1. The van der Waals surface area contributed by atoms with E-state index < -0.39 is 15.8 Å². The molecule has 9 heteroatoms. The molecule has 0 saturated carbocycles. The summed E-state index contributed by atoms with van der Waals surface area (Å²) in [7, 11) is -3.70. The molecule has 4 rings (SSSR count). The zero-order valence-electron chi connectivity index (χ0n) is 19.5. The van der Waals surface area contributed by atoms with Gasteiger partial charge >= 0.3 is 16.3 Å². The van der Waals surface area contributed by atoms with Crippen LogP contribution in [0.25, 0.3) is 0 Å². The van der Waals surface area contributed by atoms with E-state index >= 15 is 0 Å². The Morgan fingerprint density at radius 1 is 0.879 bits per heavy atom. The van der Waals surface area contributed by atoms with Gasteiger partial charge in [0.25, 0.3) is 0 Å². The number of rotatable bonds is 5. The first kappa shape index (κ1) is 23.4. The SMILES string of the molecule is CC(C)(C)OC(=O)N1CCN(CCCN2c3ccccc3N(c3ccccc3)S2(=O)=O)CC1. The zero-order chi connectivity index (χ0) is 23.6. The number of hydrogen-bond donors (Lipinski definition) is 0. The highest BCUT2D eigenvalue weighted by atomic mass is 32.2. The Hall–Kier alpha value is -2.78. The van der Waals surface area contributed by atoms with Crippen LogP contribution in [0.1, 0.15) is 27.2 Å². The van der Waals surface area contributed by atoms with Gasteiger partial charge in [0.2, 0.25) is 0 Å². The van der Waals surface area contributed by atoms with E-state index in [1.807, 2.05) is 75.4 Å². The number of para-hydroxylation sites is 3. The van der Waals surface area contributed by atoms with Gasteiger partial charge in [-0.25, -0.2) is 9.10 Å². The van der Waals surface area contributed by atoms with Crippen LogP contribution in [0, 0.1) is 0 Å². The predicted molar refractivity (Wildman–Crippen MR) is 130 cm³/mol. The monoisotopic (exact) mass is 472 g/mol. The van der Waals surface area contributed by atoms with Crippen LogP contribution in [0.15, 0.2) is 54.6 Å². The number of ether oxygens (including phenoxy) is 1. The van der Waals surface area contributed by atoms with Crippen molar-refractivity contribution in [1.29, 1.82) is 0 Å². The number of piperazine rings is 1. The summed E-state index contributed by atoms with van der Waals surface area (Å²) < 4.78 is 35.3. The largest absolute Gasteiger partial charge is 0.444 e. The summed E-state index contributed by atoms with van der Waals surface area (Å²) >= 11 is 0. The maximum Gasteiger partial charge on any atom is 0.410 e. The lowest BCUT2D eigenvalue weighted by atomic mass is 10.2. The molecule has 0 radical (unpaired) electrons. The van der Waals surface area contributed by atoms with E-state index in [0.717, 1.165) is 19.6 Å². The summed E-state index contributed by atoms with van der Waals surface area (Å²) in [6.07, 6.45) is 0.422. The molecule has 1 saturated heterocycles. The van der Waals surface area contributed by atoms with Crippen LogP contribution in [0.5, 0.6) is 0 Å². The fourth-order valence-corrected chi connectivity index (χ4v) is 5.93. The van der Waals surface area contributed by atoms with Crippen molar-refractivity contribution in [2.45, 2.75) is 32.8 Å². The molecule has 8 nitrogen and oxygen atoms in total. The molecule has 33 heavy (non-hydrogen) atoms. The molecule has 0 unspecified atom stereocenters. The molecule has 0 aliphatic carbocycles. The van der Waals surface area contributed by atoms with Gasteiger partial charge in [0.1, 0.15) is 5.60 Å². The number of carbonyl (C=O) groups excluding carboxylic acids is 1. The van der Waals surface area contributed by atoms with Gasteiger partial charge in [-0.05, 0) is 51.5 Å². The van der Waals surface area contributed by atoms with Crippen LogP contribution in [-0.4, -0.2) is 69.2 Å². The standard InChI is InChI=1S/C24H32N4O4S/c1-24(2,3)32-23(29)26-18-16-25(17-19-26)14-9-15-27-21-12-7-8-13-22(21)28(33(27,30)31)20-10-5-4-6-11-20/h4-8,10-13H,9,14-19H2,1-3H3. The molecule has 0 bridgehead atoms. The Bertz CT molecular complexity index is 1080. The van der Waals surface area contributed by atoms with E-state index in [9.17, 15) is 13.2 Å². The quantitative estimate of drug-likeness (QED) is 0.661. The maximum absolute atomic E-state index is 13.4. The van der Waals surface area contributed by atoms with Gasteiger partial charge in [0.05, 0.1) is 17.1 Å². The third-order valence-corrected chi connectivity index (χ3v) is 7.53. The predicted octanol–water partition coefficient (Wildman–Crippen LogP) is 3.83. The van der Waals surface area contributed by atoms with Crippen LogP contribution in [0.3, 0.4) is 0 Å². The highest BCUT2D eigenvalue weighted by Crippen LogP contribution is 2.44. The van der Waals surface area contributed by atoms with Gasteiger partial charge in [-0.2, -0.15) is 8.42 Å².